The third-order valence-electron chi connectivity index (χ3n) is 4.02. The first kappa shape index (κ1) is 20.7. The van der Waals surface area contributed by atoms with Gasteiger partial charge in [0, 0.05) is 11.6 Å². The highest BCUT2D eigenvalue weighted by Crippen LogP contribution is 2.27. The molecule has 9 heteroatoms. The molecule has 0 fully saturated rings. The number of carbonyl (C=O) groups is 1. The number of aromatic nitrogens is 2. The second-order valence-corrected chi connectivity index (χ2v) is 7.29. The standard InChI is InChI=1S/C20H17ClN4O3S/c1-28-17-6-3-2-5-16(17)25-19(27)14-8-7-13(21)11-15(14)24-20(25)29-12-18(26)23-10-4-9-22/h2-3,5-8,11H,4,10,12H2,1H3,(H,23,26). The summed E-state index contributed by atoms with van der Waals surface area (Å²) in [5.74, 6) is 0.293. The second-order valence-electron chi connectivity index (χ2n) is 5.92. The Morgan fingerprint density at radius 1 is 1.34 bits per heavy atom. The van der Waals surface area contributed by atoms with Gasteiger partial charge in [-0.1, -0.05) is 35.5 Å². The molecule has 7 nitrogen and oxygen atoms in total. The predicted octanol–water partition coefficient (Wildman–Crippen LogP) is 3.17. The fraction of sp³-hybridized carbons (Fsp3) is 0.200. The normalized spacial score (nSPS) is 10.5. The molecule has 0 aliphatic carbocycles. The van der Waals surface area contributed by atoms with Crippen LogP contribution in [0.1, 0.15) is 6.42 Å². The van der Waals surface area contributed by atoms with Crippen molar-refractivity contribution in [3.05, 3.63) is 57.8 Å². The van der Waals surface area contributed by atoms with Gasteiger partial charge in [0.05, 0.1) is 41.9 Å². The first-order valence-electron chi connectivity index (χ1n) is 8.67. The summed E-state index contributed by atoms with van der Waals surface area (Å²) < 4.78 is 6.84. The minimum absolute atomic E-state index is 0.0408. The molecule has 0 radical (unpaired) electrons. The van der Waals surface area contributed by atoms with E-state index in [0.717, 1.165) is 11.8 Å². The average Bonchev–Trinajstić information content (AvgIpc) is 2.72. The molecule has 3 aromatic rings. The summed E-state index contributed by atoms with van der Waals surface area (Å²) in [5.41, 5.74) is 0.682. The van der Waals surface area contributed by atoms with E-state index in [1.165, 1.54) is 11.7 Å². The van der Waals surface area contributed by atoms with E-state index in [2.05, 4.69) is 10.3 Å². The molecule has 3 rings (SSSR count). The second kappa shape index (κ2) is 9.45. The number of thioether (sulfide) groups is 1. The highest BCUT2D eigenvalue weighted by atomic mass is 35.5. The molecule has 0 atom stereocenters. The number of hydrogen-bond acceptors (Lipinski definition) is 6. The molecule has 0 saturated heterocycles. The molecule has 1 heterocycles. The molecule has 1 amide bonds. The Balaban J connectivity index is 2.07. The molecule has 0 bridgehead atoms. The molecular weight excluding hydrogens is 412 g/mol. The number of fused-ring (bicyclic) bond motifs is 1. The fourth-order valence-corrected chi connectivity index (χ4v) is 3.70. The van der Waals surface area contributed by atoms with E-state index >= 15 is 0 Å². The van der Waals surface area contributed by atoms with Crippen LogP contribution >= 0.6 is 23.4 Å². The molecule has 0 aliphatic heterocycles. The zero-order valence-corrected chi connectivity index (χ0v) is 17.1. The van der Waals surface area contributed by atoms with Crippen molar-refractivity contribution in [2.45, 2.75) is 11.6 Å². The monoisotopic (exact) mass is 428 g/mol. The van der Waals surface area contributed by atoms with Crippen LogP contribution in [0, 0.1) is 11.3 Å². The van der Waals surface area contributed by atoms with Crippen LogP contribution in [0.4, 0.5) is 0 Å². The third kappa shape index (κ3) is 4.70. The molecule has 1 aromatic heterocycles. The number of nitriles is 1. The molecule has 0 spiro atoms. The largest absolute Gasteiger partial charge is 0.495 e. The number of ether oxygens (including phenoxy) is 1. The van der Waals surface area contributed by atoms with Crippen LogP contribution in [0.3, 0.4) is 0 Å². The Bertz CT molecular complexity index is 1160. The predicted molar refractivity (Wildman–Crippen MR) is 113 cm³/mol. The quantitative estimate of drug-likeness (QED) is 0.352. The lowest BCUT2D eigenvalue weighted by Gasteiger charge is -2.15. The van der Waals surface area contributed by atoms with E-state index in [0.29, 0.717) is 32.5 Å². The maximum Gasteiger partial charge on any atom is 0.266 e. The number of methoxy groups -OCH3 is 1. The average molecular weight is 429 g/mol. The lowest BCUT2D eigenvalue weighted by Crippen LogP contribution is -2.27. The molecule has 2 aromatic carbocycles. The molecule has 148 valence electrons. The van der Waals surface area contributed by atoms with Crippen molar-refractivity contribution in [3.63, 3.8) is 0 Å². The van der Waals surface area contributed by atoms with E-state index < -0.39 is 0 Å². The van der Waals surface area contributed by atoms with Crippen LogP contribution in [-0.4, -0.2) is 34.9 Å². The number of nitrogens with zero attached hydrogens (tertiary/aromatic N) is 3. The van der Waals surface area contributed by atoms with Crippen LogP contribution in [0.2, 0.25) is 5.02 Å². The summed E-state index contributed by atoms with van der Waals surface area (Å²) in [4.78, 5) is 29.9. The van der Waals surface area contributed by atoms with E-state index in [4.69, 9.17) is 21.6 Å². The maximum absolute atomic E-state index is 13.3. The molecule has 0 saturated carbocycles. The highest BCUT2D eigenvalue weighted by Gasteiger charge is 2.17. The zero-order valence-electron chi connectivity index (χ0n) is 15.5. The van der Waals surface area contributed by atoms with Gasteiger partial charge in [0.15, 0.2) is 5.16 Å². The van der Waals surface area contributed by atoms with E-state index in [-0.39, 0.29) is 30.2 Å². The Labute approximate surface area is 176 Å². The van der Waals surface area contributed by atoms with Gasteiger partial charge < -0.3 is 10.1 Å². The van der Waals surface area contributed by atoms with Crippen molar-refractivity contribution in [2.24, 2.45) is 0 Å². The highest BCUT2D eigenvalue weighted by molar-refractivity contribution is 7.99. The van der Waals surface area contributed by atoms with E-state index in [1.807, 2.05) is 6.07 Å². The minimum Gasteiger partial charge on any atom is -0.495 e. The fourth-order valence-electron chi connectivity index (χ4n) is 2.70. The van der Waals surface area contributed by atoms with Crippen molar-refractivity contribution in [3.8, 4) is 17.5 Å². The van der Waals surface area contributed by atoms with Gasteiger partial charge >= 0.3 is 0 Å². The minimum atomic E-state index is -0.288. The summed E-state index contributed by atoms with van der Waals surface area (Å²) in [7, 11) is 1.52. The van der Waals surface area contributed by atoms with E-state index in [9.17, 15) is 9.59 Å². The zero-order chi connectivity index (χ0) is 20.8. The van der Waals surface area contributed by atoms with E-state index in [1.54, 1.807) is 42.5 Å². The van der Waals surface area contributed by atoms with Gasteiger partial charge in [-0.25, -0.2) is 4.98 Å². The lowest BCUT2D eigenvalue weighted by molar-refractivity contribution is -0.118. The number of benzene rings is 2. The molecule has 0 aliphatic rings. The maximum atomic E-state index is 13.3. The number of hydrogen-bond donors (Lipinski definition) is 1. The number of nitrogens with one attached hydrogen (secondary N) is 1. The third-order valence-corrected chi connectivity index (χ3v) is 5.19. The molecular formula is C20H17ClN4O3S. The Kier molecular flexibility index (Phi) is 6.75. The summed E-state index contributed by atoms with van der Waals surface area (Å²) in [6.07, 6.45) is 0.231. The Hall–Kier alpha value is -3.02. The molecule has 1 N–H and O–H groups in total. The number of para-hydroxylation sites is 2. The van der Waals surface area contributed by atoms with Crippen LogP contribution in [0.5, 0.6) is 5.75 Å². The summed E-state index contributed by atoms with van der Waals surface area (Å²) in [5, 5.41) is 12.4. The Morgan fingerprint density at radius 3 is 2.90 bits per heavy atom. The van der Waals surface area contributed by atoms with Crippen LogP contribution in [0.15, 0.2) is 52.4 Å². The lowest BCUT2D eigenvalue weighted by atomic mass is 10.2. The van der Waals surface area contributed by atoms with Gasteiger partial charge in [0.25, 0.3) is 5.56 Å². The Morgan fingerprint density at radius 2 is 2.14 bits per heavy atom. The molecule has 29 heavy (non-hydrogen) atoms. The van der Waals surface area contributed by atoms with Gasteiger partial charge in [-0.3, -0.25) is 14.2 Å². The van der Waals surface area contributed by atoms with Crippen molar-refractivity contribution < 1.29 is 9.53 Å². The number of rotatable bonds is 7. The number of carbonyl (C=O) groups excluding carboxylic acids is 1. The number of amides is 1. The van der Waals surface area contributed by atoms with Gasteiger partial charge in [0.2, 0.25) is 5.91 Å². The summed E-state index contributed by atoms with van der Waals surface area (Å²) in [6, 6.07) is 13.9. The summed E-state index contributed by atoms with van der Waals surface area (Å²) >= 11 is 7.18. The molecule has 0 unspecified atom stereocenters. The van der Waals surface area contributed by atoms with Gasteiger partial charge in [-0.05, 0) is 30.3 Å². The first-order valence-corrected chi connectivity index (χ1v) is 10.0. The summed E-state index contributed by atoms with van der Waals surface area (Å²) in [6.45, 7) is 0.274. The van der Waals surface area contributed by atoms with Crippen molar-refractivity contribution >= 4 is 40.2 Å². The van der Waals surface area contributed by atoms with Crippen molar-refractivity contribution in [2.75, 3.05) is 19.4 Å². The smallest absolute Gasteiger partial charge is 0.266 e. The van der Waals surface area contributed by atoms with Crippen molar-refractivity contribution in [1.82, 2.24) is 14.9 Å². The van der Waals surface area contributed by atoms with Crippen LogP contribution in [0.25, 0.3) is 16.6 Å². The van der Waals surface area contributed by atoms with Gasteiger partial charge in [0.1, 0.15) is 5.75 Å². The SMILES string of the molecule is COc1ccccc1-n1c(SCC(=O)NCCC#N)nc2cc(Cl)ccc2c1=O. The van der Waals surface area contributed by atoms with Crippen molar-refractivity contribution in [1.29, 1.82) is 5.26 Å². The number of halogens is 1. The van der Waals surface area contributed by atoms with Crippen LogP contribution in [-0.2, 0) is 4.79 Å². The first-order chi connectivity index (χ1) is 14.0. The van der Waals surface area contributed by atoms with Gasteiger partial charge in [-0.15, -0.1) is 0 Å². The van der Waals surface area contributed by atoms with Crippen LogP contribution < -0.4 is 15.6 Å². The topological polar surface area (TPSA) is 97.0 Å². The van der Waals surface area contributed by atoms with Gasteiger partial charge in [-0.2, -0.15) is 5.26 Å².